The second-order valence-corrected chi connectivity index (χ2v) is 10.5. The number of nitrogens with zero attached hydrogens (tertiary/aromatic N) is 1. The number of piperidine rings is 1. The highest BCUT2D eigenvalue weighted by Crippen LogP contribution is 2.38. The average molecular weight is 465 g/mol. The molecule has 4 rings (SSSR count). The Morgan fingerprint density at radius 2 is 1.71 bits per heavy atom. The van der Waals surface area contributed by atoms with Crippen LogP contribution in [0.15, 0.2) is 54.6 Å². The molecule has 6 heteroatoms. The Morgan fingerprint density at radius 3 is 2.41 bits per heavy atom. The molecule has 182 valence electrons. The maximum absolute atomic E-state index is 13.5. The zero-order valence-corrected chi connectivity index (χ0v) is 20.5. The Balaban J connectivity index is 1.37. The number of ether oxygens (including phenoxy) is 2. The average Bonchev–Trinajstić information content (AvgIpc) is 3.17. The Kier molecular flexibility index (Phi) is 7.27. The molecule has 1 saturated heterocycles. The molecule has 2 aromatic carbocycles. The molecule has 2 aromatic rings. The van der Waals surface area contributed by atoms with Crippen molar-refractivity contribution in [1.82, 2.24) is 10.2 Å². The number of hydrogen-bond acceptors (Lipinski definition) is 5. The first-order valence-corrected chi connectivity index (χ1v) is 12.3. The largest absolute Gasteiger partial charge is 0.463 e. The van der Waals surface area contributed by atoms with Crippen molar-refractivity contribution in [3.05, 3.63) is 71.3 Å². The van der Waals surface area contributed by atoms with Crippen molar-refractivity contribution in [3.63, 3.8) is 0 Å². The van der Waals surface area contributed by atoms with Crippen molar-refractivity contribution in [3.8, 4) is 0 Å². The fraction of sp³-hybridized carbons (Fsp3) is 0.500. The van der Waals surface area contributed by atoms with Crippen LogP contribution >= 0.6 is 0 Å². The van der Waals surface area contributed by atoms with Gasteiger partial charge in [0.15, 0.2) is 5.54 Å². The zero-order chi connectivity index (χ0) is 24.2. The minimum atomic E-state index is -1.20. The molecule has 1 aliphatic carbocycles. The zero-order valence-electron chi connectivity index (χ0n) is 20.5. The summed E-state index contributed by atoms with van der Waals surface area (Å²) in [5.41, 5.74) is 1.34. The van der Waals surface area contributed by atoms with Gasteiger partial charge in [-0.2, -0.15) is 0 Å². The summed E-state index contributed by atoms with van der Waals surface area (Å²) >= 11 is 0. The number of carbonyl (C=O) groups is 2. The third-order valence-corrected chi connectivity index (χ3v) is 6.72. The van der Waals surface area contributed by atoms with E-state index < -0.39 is 23.2 Å². The molecule has 34 heavy (non-hydrogen) atoms. The number of nitrogens with one attached hydrogen (secondary N) is 1. The molecule has 0 saturated carbocycles. The molecule has 6 nitrogen and oxygen atoms in total. The van der Waals surface area contributed by atoms with Crippen LogP contribution in [0.1, 0.15) is 56.7 Å². The molecule has 1 heterocycles. The molecule has 1 atom stereocenters. The van der Waals surface area contributed by atoms with Gasteiger partial charge in [0.25, 0.3) is 0 Å². The molecule has 2 aliphatic rings. The lowest BCUT2D eigenvalue weighted by molar-refractivity contribution is -0.154. The monoisotopic (exact) mass is 464 g/mol. The van der Waals surface area contributed by atoms with Gasteiger partial charge in [-0.15, -0.1) is 0 Å². The van der Waals surface area contributed by atoms with E-state index in [-0.39, 0.29) is 0 Å². The molecule has 0 spiro atoms. The van der Waals surface area contributed by atoms with E-state index >= 15 is 0 Å². The minimum Gasteiger partial charge on any atom is -0.463 e. The third-order valence-electron chi connectivity index (χ3n) is 6.72. The number of fused-ring (bicyclic) bond motifs is 1. The number of alkyl carbamates (subject to hydrolysis) is 1. The Labute approximate surface area is 202 Å². The molecule has 1 unspecified atom stereocenters. The van der Waals surface area contributed by atoms with Gasteiger partial charge in [0.05, 0.1) is 6.61 Å². The van der Waals surface area contributed by atoms with Gasteiger partial charge in [0.2, 0.25) is 0 Å². The Bertz CT molecular complexity index is 993. The molecule has 0 radical (unpaired) electrons. The highest BCUT2D eigenvalue weighted by molar-refractivity contribution is 5.88. The lowest BCUT2D eigenvalue weighted by atomic mass is 9.91. The fourth-order valence-corrected chi connectivity index (χ4v) is 4.95. The number of amides is 1. The normalized spacial score (nSPS) is 21.0. The SMILES string of the molecule is CC(C)(C)OC(=O)NC1(C(=O)OCC2CCN(Cc3ccccc3)CC2)CCc2ccccc21. The molecule has 1 fully saturated rings. The number of rotatable bonds is 6. The summed E-state index contributed by atoms with van der Waals surface area (Å²) in [5.74, 6) is -0.0683. The predicted octanol–water partition coefficient (Wildman–Crippen LogP) is 4.81. The smallest absolute Gasteiger partial charge is 0.408 e. The quantitative estimate of drug-likeness (QED) is 0.622. The van der Waals surface area contributed by atoms with Crippen molar-refractivity contribution >= 4 is 12.1 Å². The van der Waals surface area contributed by atoms with Crippen molar-refractivity contribution in [2.45, 2.75) is 64.1 Å². The van der Waals surface area contributed by atoms with Crippen LogP contribution < -0.4 is 5.32 Å². The number of benzene rings is 2. The number of hydrogen-bond donors (Lipinski definition) is 1. The number of likely N-dealkylation sites (tertiary alicyclic amines) is 1. The summed E-state index contributed by atoms with van der Waals surface area (Å²) in [6.07, 6.45) is 2.56. The van der Waals surface area contributed by atoms with E-state index in [1.807, 2.05) is 51.1 Å². The van der Waals surface area contributed by atoms with Crippen LogP contribution in [0.25, 0.3) is 0 Å². The molecule has 1 amide bonds. The lowest BCUT2D eigenvalue weighted by Gasteiger charge is -2.34. The fourth-order valence-electron chi connectivity index (χ4n) is 4.95. The van der Waals surface area contributed by atoms with Crippen LogP contribution in [0.2, 0.25) is 0 Å². The third kappa shape index (κ3) is 5.79. The van der Waals surface area contributed by atoms with Gasteiger partial charge >= 0.3 is 12.1 Å². The summed E-state index contributed by atoms with van der Waals surface area (Å²) in [6, 6.07) is 18.3. The van der Waals surface area contributed by atoms with Gasteiger partial charge in [-0.3, -0.25) is 4.90 Å². The second-order valence-electron chi connectivity index (χ2n) is 10.5. The predicted molar refractivity (Wildman–Crippen MR) is 131 cm³/mol. The summed E-state index contributed by atoms with van der Waals surface area (Å²) in [6.45, 7) is 8.73. The molecule has 1 aliphatic heterocycles. The standard InChI is InChI=1S/C28H36N2O4/c1-27(2,3)34-26(32)29-28(16-13-23-11-7-8-12-24(23)28)25(31)33-20-22-14-17-30(18-15-22)19-21-9-5-4-6-10-21/h4-12,22H,13-20H2,1-3H3,(H,29,32). The van der Waals surface area contributed by atoms with Crippen LogP contribution in [0, 0.1) is 5.92 Å². The van der Waals surface area contributed by atoms with Crippen molar-refractivity contribution in [2.24, 2.45) is 5.92 Å². The molecular weight excluding hydrogens is 428 g/mol. The van der Waals surface area contributed by atoms with Crippen LogP contribution in [-0.4, -0.2) is 42.3 Å². The summed E-state index contributed by atoms with van der Waals surface area (Å²) < 4.78 is 11.4. The van der Waals surface area contributed by atoms with E-state index in [0.29, 0.717) is 25.4 Å². The van der Waals surface area contributed by atoms with E-state index in [2.05, 4.69) is 34.5 Å². The number of carbonyl (C=O) groups excluding carboxylic acids is 2. The lowest BCUT2D eigenvalue weighted by Crippen LogP contribution is -2.52. The molecule has 0 bridgehead atoms. The molecule has 0 aromatic heterocycles. The van der Waals surface area contributed by atoms with E-state index in [0.717, 1.165) is 43.6 Å². The minimum absolute atomic E-state index is 0.325. The summed E-state index contributed by atoms with van der Waals surface area (Å²) in [7, 11) is 0. The van der Waals surface area contributed by atoms with Gasteiger partial charge in [0.1, 0.15) is 5.60 Å². The van der Waals surface area contributed by atoms with Gasteiger partial charge < -0.3 is 14.8 Å². The Hall–Kier alpha value is -2.86. The van der Waals surface area contributed by atoms with E-state index in [9.17, 15) is 9.59 Å². The maximum Gasteiger partial charge on any atom is 0.408 e. The summed E-state index contributed by atoms with van der Waals surface area (Å²) in [4.78, 5) is 28.6. The van der Waals surface area contributed by atoms with E-state index in [1.54, 1.807) is 0 Å². The highest BCUT2D eigenvalue weighted by atomic mass is 16.6. The van der Waals surface area contributed by atoms with Crippen molar-refractivity contribution < 1.29 is 19.1 Å². The number of esters is 1. The first-order valence-electron chi connectivity index (χ1n) is 12.3. The van der Waals surface area contributed by atoms with Crippen LogP contribution in [-0.2, 0) is 32.8 Å². The highest BCUT2D eigenvalue weighted by Gasteiger charge is 2.49. The van der Waals surface area contributed by atoms with Gasteiger partial charge in [0, 0.05) is 6.54 Å². The van der Waals surface area contributed by atoms with Gasteiger partial charge in [-0.25, -0.2) is 9.59 Å². The van der Waals surface area contributed by atoms with Crippen molar-refractivity contribution in [1.29, 1.82) is 0 Å². The first-order chi connectivity index (χ1) is 16.2. The molecule has 1 N–H and O–H groups in total. The summed E-state index contributed by atoms with van der Waals surface area (Å²) in [5, 5.41) is 2.88. The maximum atomic E-state index is 13.5. The van der Waals surface area contributed by atoms with Crippen molar-refractivity contribution in [2.75, 3.05) is 19.7 Å². The van der Waals surface area contributed by atoms with E-state index in [4.69, 9.17) is 9.47 Å². The Morgan fingerprint density at radius 1 is 1.03 bits per heavy atom. The van der Waals surface area contributed by atoms with Crippen LogP contribution in [0.4, 0.5) is 4.79 Å². The second kappa shape index (κ2) is 10.2. The van der Waals surface area contributed by atoms with E-state index in [1.165, 1.54) is 5.56 Å². The molecular formula is C28H36N2O4. The van der Waals surface area contributed by atoms with Gasteiger partial charge in [-0.05, 0) is 82.2 Å². The van der Waals surface area contributed by atoms with Crippen LogP contribution in [0.5, 0.6) is 0 Å². The first kappa shape index (κ1) is 24.3. The number of aryl methyl sites for hydroxylation is 1. The van der Waals surface area contributed by atoms with Gasteiger partial charge in [-0.1, -0.05) is 54.6 Å². The van der Waals surface area contributed by atoms with Crippen LogP contribution in [0.3, 0.4) is 0 Å². The topological polar surface area (TPSA) is 67.9 Å².